The Labute approximate surface area is 186 Å². The average molecular weight is 428 g/mol. The fourth-order valence-electron chi connectivity index (χ4n) is 4.87. The van der Waals surface area contributed by atoms with Crippen molar-refractivity contribution in [2.24, 2.45) is 5.41 Å². The largest absolute Gasteiger partial charge is 0.420 e. The van der Waals surface area contributed by atoms with Crippen LogP contribution in [-0.2, 0) is 13.0 Å². The number of aromatic nitrogens is 4. The molecule has 1 saturated carbocycles. The zero-order valence-corrected chi connectivity index (χ0v) is 17.9. The molecule has 2 aromatic heterocycles. The fraction of sp³-hybridized carbons (Fsp3) is 0.360. The molecule has 32 heavy (non-hydrogen) atoms. The molecule has 1 unspecified atom stereocenters. The van der Waals surface area contributed by atoms with E-state index in [9.17, 15) is 0 Å². The minimum Gasteiger partial charge on any atom is -0.420 e. The van der Waals surface area contributed by atoms with Gasteiger partial charge in [-0.15, -0.1) is 10.2 Å². The molecule has 1 saturated heterocycles. The third-order valence-electron chi connectivity index (χ3n) is 6.88. The SMILES string of the molecule is c1ccc(Cc2noc(CN3CCC4(CC3)CC4c3nnc(-c4ccccc4)o3)n2)cc1. The predicted octanol–water partition coefficient (Wildman–Crippen LogP) is 4.48. The van der Waals surface area contributed by atoms with Crippen molar-refractivity contribution >= 4 is 0 Å². The number of hydrogen-bond donors (Lipinski definition) is 0. The van der Waals surface area contributed by atoms with Crippen LogP contribution in [0, 0.1) is 5.41 Å². The van der Waals surface area contributed by atoms with E-state index in [1.54, 1.807) is 0 Å². The van der Waals surface area contributed by atoms with Gasteiger partial charge < -0.3 is 8.94 Å². The first kappa shape index (κ1) is 19.4. The minimum absolute atomic E-state index is 0.310. The van der Waals surface area contributed by atoms with Gasteiger partial charge in [0.15, 0.2) is 5.82 Å². The molecular weight excluding hydrogens is 402 g/mol. The van der Waals surface area contributed by atoms with Crippen molar-refractivity contribution in [3.05, 3.63) is 83.8 Å². The summed E-state index contributed by atoms with van der Waals surface area (Å²) in [6.07, 6.45) is 4.10. The standard InChI is InChI=1S/C25H25N5O2/c1-3-7-18(8-4-1)15-21-26-22(32-29-21)17-30-13-11-25(12-14-30)16-20(25)24-28-27-23(31-24)19-9-5-2-6-10-19/h1-10,20H,11-17H2. The number of hydrogen-bond acceptors (Lipinski definition) is 7. The predicted molar refractivity (Wildman–Crippen MR) is 118 cm³/mol. The van der Waals surface area contributed by atoms with Crippen LogP contribution in [0.15, 0.2) is 69.6 Å². The number of likely N-dealkylation sites (tertiary alicyclic amines) is 1. The summed E-state index contributed by atoms with van der Waals surface area (Å²) in [5.41, 5.74) is 2.47. The van der Waals surface area contributed by atoms with E-state index in [1.807, 2.05) is 48.5 Å². The summed E-state index contributed by atoms with van der Waals surface area (Å²) in [6, 6.07) is 20.2. The molecule has 6 rings (SSSR count). The van der Waals surface area contributed by atoms with Gasteiger partial charge in [-0.25, -0.2) is 0 Å². The molecule has 0 amide bonds. The maximum atomic E-state index is 6.03. The van der Waals surface area contributed by atoms with E-state index in [-0.39, 0.29) is 0 Å². The first-order valence-electron chi connectivity index (χ1n) is 11.2. The van der Waals surface area contributed by atoms with E-state index in [4.69, 9.17) is 8.94 Å². The highest BCUT2D eigenvalue weighted by Gasteiger charge is 2.58. The van der Waals surface area contributed by atoms with E-state index in [0.717, 1.165) is 49.6 Å². The molecule has 7 nitrogen and oxygen atoms in total. The Morgan fingerprint density at radius 2 is 1.69 bits per heavy atom. The normalized spacial score (nSPS) is 19.9. The molecule has 0 N–H and O–H groups in total. The maximum absolute atomic E-state index is 6.03. The second kappa shape index (κ2) is 7.98. The van der Waals surface area contributed by atoms with Gasteiger partial charge in [-0.2, -0.15) is 4.98 Å². The number of rotatable bonds is 6. The lowest BCUT2D eigenvalue weighted by atomic mass is 9.91. The Morgan fingerprint density at radius 1 is 0.938 bits per heavy atom. The van der Waals surface area contributed by atoms with Crippen molar-refractivity contribution in [1.29, 1.82) is 0 Å². The zero-order chi connectivity index (χ0) is 21.4. The number of piperidine rings is 1. The molecule has 2 aliphatic rings. The molecule has 1 atom stereocenters. The van der Waals surface area contributed by atoms with Gasteiger partial charge in [-0.05, 0) is 55.5 Å². The van der Waals surface area contributed by atoms with Gasteiger partial charge in [0.25, 0.3) is 0 Å². The minimum atomic E-state index is 0.310. The van der Waals surface area contributed by atoms with Gasteiger partial charge in [0, 0.05) is 17.9 Å². The molecule has 1 aliphatic carbocycles. The van der Waals surface area contributed by atoms with Crippen LogP contribution in [0.4, 0.5) is 0 Å². The van der Waals surface area contributed by atoms with Crippen LogP contribution in [0.1, 0.15) is 48.3 Å². The molecule has 2 aromatic carbocycles. The summed E-state index contributed by atoms with van der Waals surface area (Å²) in [7, 11) is 0. The van der Waals surface area contributed by atoms with Crippen molar-refractivity contribution in [3.8, 4) is 11.5 Å². The molecule has 0 bridgehead atoms. The Hall–Kier alpha value is -3.32. The van der Waals surface area contributed by atoms with E-state index in [0.29, 0.717) is 36.1 Å². The number of benzene rings is 2. The molecule has 4 aromatic rings. The van der Waals surface area contributed by atoms with Crippen molar-refractivity contribution < 1.29 is 8.94 Å². The van der Waals surface area contributed by atoms with Crippen LogP contribution in [-0.4, -0.2) is 38.3 Å². The second-order valence-electron chi connectivity index (χ2n) is 8.97. The second-order valence-corrected chi connectivity index (χ2v) is 8.97. The highest BCUT2D eigenvalue weighted by molar-refractivity contribution is 5.51. The van der Waals surface area contributed by atoms with Gasteiger partial charge in [-0.1, -0.05) is 53.7 Å². The monoisotopic (exact) mass is 427 g/mol. The average Bonchev–Trinajstić information content (AvgIpc) is 3.17. The van der Waals surface area contributed by atoms with Crippen LogP contribution in [0.2, 0.25) is 0 Å². The molecule has 2 fully saturated rings. The van der Waals surface area contributed by atoms with Crippen molar-refractivity contribution in [2.45, 2.75) is 38.1 Å². The lowest BCUT2D eigenvalue weighted by Crippen LogP contribution is -2.34. The van der Waals surface area contributed by atoms with Crippen molar-refractivity contribution in [1.82, 2.24) is 25.2 Å². The van der Waals surface area contributed by atoms with Crippen LogP contribution in [0.5, 0.6) is 0 Å². The molecule has 3 heterocycles. The molecule has 1 aliphatic heterocycles. The van der Waals surface area contributed by atoms with E-state index in [2.05, 4.69) is 37.4 Å². The first-order chi connectivity index (χ1) is 15.8. The van der Waals surface area contributed by atoms with Crippen molar-refractivity contribution in [2.75, 3.05) is 13.1 Å². The lowest BCUT2D eigenvalue weighted by Gasteiger charge is -2.31. The van der Waals surface area contributed by atoms with Gasteiger partial charge in [0.05, 0.1) is 6.54 Å². The van der Waals surface area contributed by atoms with Gasteiger partial charge in [-0.3, -0.25) is 4.90 Å². The molecule has 0 radical (unpaired) electrons. The Kier molecular flexibility index (Phi) is 4.83. The van der Waals surface area contributed by atoms with Crippen LogP contribution >= 0.6 is 0 Å². The lowest BCUT2D eigenvalue weighted by molar-refractivity contribution is 0.144. The Bertz CT molecular complexity index is 1180. The summed E-state index contributed by atoms with van der Waals surface area (Å²) >= 11 is 0. The zero-order valence-electron chi connectivity index (χ0n) is 17.9. The highest BCUT2D eigenvalue weighted by atomic mass is 16.5. The van der Waals surface area contributed by atoms with E-state index in [1.165, 1.54) is 5.56 Å². The first-order valence-corrected chi connectivity index (χ1v) is 11.2. The number of nitrogens with zero attached hydrogens (tertiary/aromatic N) is 5. The Balaban J connectivity index is 1.04. The van der Waals surface area contributed by atoms with Gasteiger partial charge in [0.2, 0.25) is 17.7 Å². The molecule has 7 heteroatoms. The van der Waals surface area contributed by atoms with Crippen LogP contribution in [0.3, 0.4) is 0 Å². The van der Waals surface area contributed by atoms with Gasteiger partial charge in [0.1, 0.15) is 0 Å². The summed E-state index contributed by atoms with van der Waals surface area (Å²) < 4.78 is 11.5. The van der Waals surface area contributed by atoms with Gasteiger partial charge >= 0.3 is 0 Å². The van der Waals surface area contributed by atoms with E-state index >= 15 is 0 Å². The summed E-state index contributed by atoms with van der Waals surface area (Å²) in [5, 5.41) is 12.8. The fourth-order valence-corrected chi connectivity index (χ4v) is 4.87. The topological polar surface area (TPSA) is 81.1 Å². The maximum Gasteiger partial charge on any atom is 0.247 e. The highest BCUT2D eigenvalue weighted by Crippen LogP contribution is 2.64. The van der Waals surface area contributed by atoms with Crippen LogP contribution in [0.25, 0.3) is 11.5 Å². The van der Waals surface area contributed by atoms with Crippen LogP contribution < -0.4 is 0 Å². The Morgan fingerprint density at radius 3 is 2.47 bits per heavy atom. The third-order valence-corrected chi connectivity index (χ3v) is 6.88. The molecular formula is C25H25N5O2. The summed E-state index contributed by atoms with van der Waals surface area (Å²) in [6.45, 7) is 2.75. The quantitative estimate of drug-likeness (QED) is 0.449. The third kappa shape index (κ3) is 3.84. The van der Waals surface area contributed by atoms with Crippen molar-refractivity contribution in [3.63, 3.8) is 0 Å². The summed E-state index contributed by atoms with van der Waals surface area (Å²) in [5.74, 6) is 3.23. The smallest absolute Gasteiger partial charge is 0.247 e. The summed E-state index contributed by atoms with van der Waals surface area (Å²) in [4.78, 5) is 7.00. The molecule has 1 spiro atoms. The molecule has 162 valence electrons. The van der Waals surface area contributed by atoms with E-state index < -0.39 is 0 Å².